The SMILES string of the molecule is CCOCCNC(C)c1ccc(F)c(Cl)c1. The Bertz CT molecular complexity index is 333. The van der Waals surface area contributed by atoms with Gasteiger partial charge >= 0.3 is 0 Å². The maximum absolute atomic E-state index is 12.9. The van der Waals surface area contributed by atoms with Crippen molar-refractivity contribution in [2.24, 2.45) is 0 Å². The van der Waals surface area contributed by atoms with Gasteiger partial charge in [0.2, 0.25) is 0 Å². The summed E-state index contributed by atoms with van der Waals surface area (Å²) in [6.07, 6.45) is 0. The Morgan fingerprint density at radius 3 is 2.88 bits per heavy atom. The Morgan fingerprint density at radius 1 is 1.50 bits per heavy atom. The maximum Gasteiger partial charge on any atom is 0.141 e. The van der Waals surface area contributed by atoms with Crippen LogP contribution in [0.2, 0.25) is 5.02 Å². The lowest BCUT2D eigenvalue weighted by Crippen LogP contribution is -2.23. The molecule has 90 valence electrons. The molecule has 0 aromatic heterocycles. The summed E-state index contributed by atoms with van der Waals surface area (Å²) in [5.41, 5.74) is 0.975. The molecular weight excluding hydrogens is 229 g/mol. The molecule has 0 heterocycles. The Labute approximate surface area is 101 Å². The van der Waals surface area contributed by atoms with Gasteiger partial charge in [-0.2, -0.15) is 0 Å². The molecule has 0 aliphatic heterocycles. The molecule has 1 aromatic rings. The van der Waals surface area contributed by atoms with Crippen LogP contribution in [0.5, 0.6) is 0 Å². The van der Waals surface area contributed by atoms with Crippen molar-refractivity contribution in [3.05, 3.63) is 34.6 Å². The predicted molar refractivity (Wildman–Crippen MR) is 64.3 cm³/mol. The van der Waals surface area contributed by atoms with E-state index >= 15 is 0 Å². The third-order valence-corrected chi connectivity index (χ3v) is 2.63. The maximum atomic E-state index is 12.9. The Morgan fingerprint density at radius 2 is 2.25 bits per heavy atom. The van der Waals surface area contributed by atoms with Gasteiger partial charge in [0.05, 0.1) is 11.6 Å². The number of hydrogen-bond acceptors (Lipinski definition) is 2. The zero-order valence-corrected chi connectivity index (χ0v) is 10.4. The lowest BCUT2D eigenvalue weighted by molar-refractivity contribution is 0.147. The lowest BCUT2D eigenvalue weighted by Gasteiger charge is -2.14. The third kappa shape index (κ3) is 4.08. The van der Waals surface area contributed by atoms with Gasteiger partial charge < -0.3 is 10.1 Å². The van der Waals surface area contributed by atoms with Crippen molar-refractivity contribution >= 4 is 11.6 Å². The number of hydrogen-bond donors (Lipinski definition) is 1. The van der Waals surface area contributed by atoms with Gasteiger partial charge in [-0.05, 0) is 31.5 Å². The number of ether oxygens (including phenoxy) is 1. The molecule has 1 unspecified atom stereocenters. The van der Waals surface area contributed by atoms with E-state index < -0.39 is 0 Å². The van der Waals surface area contributed by atoms with E-state index in [1.54, 1.807) is 12.1 Å². The quantitative estimate of drug-likeness (QED) is 0.778. The average Bonchev–Trinajstić information content (AvgIpc) is 2.28. The van der Waals surface area contributed by atoms with Gasteiger partial charge in [-0.1, -0.05) is 17.7 Å². The summed E-state index contributed by atoms with van der Waals surface area (Å²) in [6.45, 7) is 6.14. The highest BCUT2D eigenvalue weighted by Crippen LogP contribution is 2.20. The van der Waals surface area contributed by atoms with Crippen LogP contribution in [0, 0.1) is 5.82 Å². The Balaban J connectivity index is 2.46. The first-order chi connectivity index (χ1) is 7.65. The summed E-state index contributed by atoms with van der Waals surface area (Å²) < 4.78 is 18.2. The largest absolute Gasteiger partial charge is 0.380 e. The molecule has 1 aromatic carbocycles. The molecule has 16 heavy (non-hydrogen) atoms. The molecule has 0 fully saturated rings. The van der Waals surface area contributed by atoms with E-state index in [0.717, 1.165) is 18.7 Å². The standard InChI is InChI=1S/C12H17ClFNO/c1-3-16-7-6-15-9(2)10-4-5-12(14)11(13)8-10/h4-5,8-9,15H,3,6-7H2,1-2H3. The number of rotatable bonds is 6. The minimum Gasteiger partial charge on any atom is -0.380 e. The molecular formula is C12H17ClFNO. The van der Waals surface area contributed by atoms with Gasteiger partial charge in [0.1, 0.15) is 5.82 Å². The van der Waals surface area contributed by atoms with Gasteiger partial charge in [-0.25, -0.2) is 4.39 Å². The molecule has 0 radical (unpaired) electrons. The zero-order valence-electron chi connectivity index (χ0n) is 9.59. The first-order valence-corrected chi connectivity index (χ1v) is 5.79. The summed E-state index contributed by atoms with van der Waals surface area (Å²) in [5, 5.41) is 3.44. The molecule has 0 saturated carbocycles. The highest BCUT2D eigenvalue weighted by Gasteiger charge is 2.07. The fraction of sp³-hybridized carbons (Fsp3) is 0.500. The molecule has 0 aliphatic carbocycles. The number of benzene rings is 1. The van der Waals surface area contributed by atoms with Crippen molar-refractivity contribution in [1.29, 1.82) is 0 Å². The van der Waals surface area contributed by atoms with Crippen molar-refractivity contribution in [2.45, 2.75) is 19.9 Å². The first kappa shape index (κ1) is 13.4. The normalized spacial score (nSPS) is 12.8. The van der Waals surface area contributed by atoms with Crippen LogP contribution in [0.25, 0.3) is 0 Å². The van der Waals surface area contributed by atoms with Crippen LogP contribution >= 0.6 is 11.6 Å². The van der Waals surface area contributed by atoms with Gasteiger partial charge in [0, 0.05) is 19.2 Å². The molecule has 0 spiro atoms. The average molecular weight is 246 g/mol. The zero-order chi connectivity index (χ0) is 12.0. The predicted octanol–water partition coefficient (Wildman–Crippen LogP) is 3.17. The van der Waals surface area contributed by atoms with E-state index in [2.05, 4.69) is 5.32 Å². The second-order valence-electron chi connectivity index (χ2n) is 3.55. The second kappa shape index (κ2) is 6.84. The first-order valence-electron chi connectivity index (χ1n) is 5.41. The molecule has 0 bridgehead atoms. The van der Waals surface area contributed by atoms with Gasteiger partial charge in [-0.3, -0.25) is 0 Å². The topological polar surface area (TPSA) is 21.3 Å². The van der Waals surface area contributed by atoms with E-state index in [4.69, 9.17) is 16.3 Å². The van der Waals surface area contributed by atoms with E-state index in [1.165, 1.54) is 6.07 Å². The van der Waals surface area contributed by atoms with Crippen molar-refractivity contribution in [3.63, 3.8) is 0 Å². The fourth-order valence-corrected chi connectivity index (χ4v) is 1.58. The van der Waals surface area contributed by atoms with Crippen LogP contribution in [0.3, 0.4) is 0 Å². The second-order valence-corrected chi connectivity index (χ2v) is 3.95. The van der Waals surface area contributed by atoms with Crippen LogP contribution < -0.4 is 5.32 Å². The monoisotopic (exact) mass is 245 g/mol. The van der Waals surface area contributed by atoms with Gasteiger partial charge in [0.15, 0.2) is 0 Å². The van der Waals surface area contributed by atoms with Crippen LogP contribution in [0.1, 0.15) is 25.5 Å². The van der Waals surface area contributed by atoms with Crippen molar-refractivity contribution < 1.29 is 9.13 Å². The van der Waals surface area contributed by atoms with E-state index in [-0.39, 0.29) is 16.9 Å². The molecule has 0 aliphatic rings. The van der Waals surface area contributed by atoms with Crippen molar-refractivity contribution in [2.75, 3.05) is 19.8 Å². The minimum absolute atomic E-state index is 0.138. The number of nitrogens with one attached hydrogen (secondary N) is 1. The van der Waals surface area contributed by atoms with Crippen LogP contribution in [-0.2, 0) is 4.74 Å². The molecule has 1 N–H and O–H groups in total. The fourth-order valence-electron chi connectivity index (χ4n) is 1.39. The van der Waals surface area contributed by atoms with E-state index in [0.29, 0.717) is 6.61 Å². The summed E-state index contributed by atoms with van der Waals surface area (Å²) in [5.74, 6) is -0.382. The van der Waals surface area contributed by atoms with Gasteiger partial charge in [0.25, 0.3) is 0 Å². The third-order valence-electron chi connectivity index (χ3n) is 2.34. The summed E-state index contributed by atoms with van der Waals surface area (Å²) in [4.78, 5) is 0. The Kier molecular flexibility index (Phi) is 5.74. The molecule has 4 heteroatoms. The highest BCUT2D eigenvalue weighted by atomic mass is 35.5. The summed E-state index contributed by atoms with van der Waals surface area (Å²) in [6, 6.07) is 4.91. The highest BCUT2D eigenvalue weighted by molar-refractivity contribution is 6.30. The summed E-state index contributed by atoms with van der Waals surface area (Å²) >= 11 is 5.71. The van der Waals surface area contributed by atoms with Crippen LogP contribution in [0.15, 0.2) is 18.2 Å². The molecule has 2 nitrogen and oxygen atoms in total. The molecule has 0 amide bonds. The Hall–Kier alpha value is -0.640. The van der Waals surface area contributed by atoms with E-state index in [1.807, 2.05) is 13.8 Å². The minimum atomic E-state index is -0.382. The van der Waals surface area contributed by atoms with Crippen molar-refractivity contribution in [1.82, 2.24) is 5.32 Å². The molecule has 0 saturated heterocycles. The van der Waals surface area contributed by atoms with Crippen LogP contribution in [0.4, 0.5) is 4.39 Å². The smallest absolute Gasteiger partial charge is 0.141 e. The molecule has 1 atom stereocenters. The number of halogens is 2. The van der Waals surface area contributed by atoms with Crippen LogP contribution in [-0.4, -0.2) is 19.8 Å². The van der Waals surface area contributed by atoms with Gasteiger partial charge in [-0.15, -0.1) is 0 Å². The lowest BCUT2D eigenvalue weighted by atomic mass is 10.1. The van der Waals surface area contributed by atoms with Crippen molar-refractivity contribution in [3.8, 4) is 0 Å². The van der Waals surface area contributed by atoms with E-state index in [9.17, 15) is 4.39 Å². The molecule has 1 rings (SSSR count). The summed E-state index contributed by atoms with van der Waals surface area (Å²) in [7, 11) is 0.